The Morgan fingerprint density at radius 1 is 1.63 bits per heavy atom. The molecule has 1 aliphatic carbocycles. The molecular formula is C13H20N4O2. The summed E-state index contributed by atoms with van der Waals surface area (Å²) in [6.07, 6.45) is 5.43. The zero-order valence-corrected chi connectivity index (χ0v) is 11.2. The third kappa shape index (κ3) is 2.64. The molecule has 1 amide bonds. The van der Waals surface area contributed by atoms with Gasteiger partial charge in [0.1, 0.15) is 0 Å². The van der Waals surface area contributed by atoms with Crippen LogP contribution in [0.25, 0.3) is 0 Å². The van der Waals surface area contributed by atoms with Gasteiger partial charge in [-0.15, -0.1) is 0 Å². The summed E-state index contributed by atoms with van der Waals surface area (Å²) in [6.45, 7) is 4.51. The van der Waals surface area contributed by atoms with E-state index in [1.54, 1.807) is 0 Å². The van der Waals surface area contributed by atoms with Gasteiger partial charge in [0.2, 0.25) is 5.91 Å². The van der Waals surface area contributed by atoms with Gasteiger partial charge < -0.3 is 15.4 Å². The van der Waals surface area contributed by atoms with Crippen molar-refractivity contribution < 1.29 is 9.53 Å². The number of rotatable bonds is 3. The quantitative estimate of drug-likeness (QED) is 0.828. The molecule has 1 saturated carbocycles. The Morgan fingerprint density at radius 2 is 2.42 bits per heavy atom. The number of hydrogen-bond donors (Lipinski definition) is 1. The first-order valence-electron chi connectivity index (χ1n) is 6.76. The number of nitrogens with zero attached hydrogens (tertiary/aromatic N) is 3. The van der Waals surface area contributed by atoms with Gasteiger partial charge in [-0.05, 0) is 25.3 Å². The summed E-state index contributed by atoms with van der Waals surface area (Å²) in [5.41, 5.74) is 6.52. The molecule has 3 rings (SSSR count). The van der Waals surface area contributed by atoms with Gasteiger partial charge >= 0.3 is 0 Å². The van der Waals surface area contributed by atoms with Crippen molar-refractivity contribution in [2.45, 2.75) is 38.0 Å². The largest absolute Gasteiger partial charge is 0.373 e. The highest BCUT2D eigenvalue weighted by atomic mass is 16.5. The second-order valence-corrected chi connectivity index (χ2v) is 5.64. The van der Waals surface area contributed by atoms with E-state index in [9.17, 15) is 4.79 Å². The van der Waals surface area contributed by atoms with E-state index in [4.69, 9.17) is 10.5 Å². The topological polar surface area (TPSA) is 73.4 Å². The van der Waals surface area contributed by atoms with Crippen LogP contribution in [0.4, 0.5) is 0 Å². The lowest BCUT2D eigenvalue weighted by atomic mass is 10.2. The van der Waals surface area contributed by atoms with Crippen LogP contribution in [-0.2, 0) is 16.1 Å². The Labute approximate surface area is 112 Å². The van der Waals surface area contributed by atoms with Crippen LogP contribution in [0.2, 0.25) is 0 Å². The monoisotopic (exact) mass is 264 g/mol. The maximum atomic E-state index is 12.2. The van der Waals surface area contributed by atoms with E-state index >= 15 is 0 Å². The third-order valence-electron chi connectivity index (χ3n) is 3.79. The summed E-state index contributed by atoms with van der Waals surface area (Å²) in [5, 5.41) is 4.25. The number of amides is 1. The fraction of sp³-hybridized carbons (Fsp3) is 0.692. The van der Waals surface area contributed by atoms with Gasteiger partial charge in [0.05, 0.1) is 31.0 Å². The molecule has 1 atom stereocenters. The van der Waals surface area contributed by atoms with Crippen LogP contribution in [-0.4, -0.2) is 51.9 Å². The van der Waals surface area contributed by atoms with E-state index in [-0.39, 0.29) is 12.0 Å². The standard InChI is InChI=1S/C13H20N4O2/c1-10-6-15-17(7-10)9-11-8-16(4-5-19-11)12(18)13(14)2-3-13/h6-7,11H,2-5,8-9,14H2,1H3. The summed E-state index contributed by atoms with van der Waals surface area (Å²) in [4.78, 5) is 14.1. The van der Waals surface area contributed by atoms with Crippen LogP contribution >= 0.6 is 0 Å². The molecule has 104 valence electrons. The molecule has 1 unspecified atom stereocenters. The molecule has 2 aliphatic rings. The number of carbonyl (C=O) groups excluding carboxylic acids is 1. The van der Waals surface area contributed by atoms with Gasteiger partial charge in [-0.3, -0.25) is 9.48 Å². The molecule has 0 spiro atoms. The summed E-state index contributed by atoms with van der Waals surface area (Å²) in [6, 6.07) is 0. The molecule has 6 nitrogen and oxygen atoms in total. The van der Waals surface area contributed by atoms with Crippen molar-refractivity contribution in [1.82, 2.24) is 14.7 Å². The zero-order valence-electron chi connectivity index (χ0n) is 11.2. The first-order chi connectivity index (χ1) is 9.07. The van der Waals surface area contributed by atoms with Crippen LogP contribution in [0, 0.1) is 6.92 Å². The average Bonchev–Trinajstić information content (AvgIpc) is 3.02. The predicted octanol–water partition coefficient (Wildman–Crippen LogP) is -0.0898. The number of aryl methyl sites for hydroxylation is 1. The minimum absolute atomic E-state index is 0.000602. The Bertz CT molecular complexity index is 481. The lowest BCUT2D eigenvalue weighted by Gasteiger charge is -2.34. The number of morpholine rings is 1. The maximum Gasteiger partial charge on any atom is 0.242 e. The number of ether oxygens (including phenoxy) is 1. The fourth-order valence-electron chi connectivity index (χ4n) is 2.45. The molecule has 2 fully saturated rings. The Kier molecular flexibility index (Phi) is 3.06. The van der Waals surface area contributed by atoms with Crippen LogP contribution in [0.3, 0.4) is 0 Å². The van der Waals surface area contributed by atoms with Gasteiger partial charge in [-0.25, -0.2) is 0 Å². The fourth-order valence-corrected chi connectivity index (χ4v) is 2.45. The van der Waals surface area contributed by atoms with Crippen molar-refractivity contribution in [2.24, 2.45) is 5.73 Å². The van der Waals surface area contributed by atoms with Crippen molar-refractivity contribution in [1.29, 1.82) is 0 Å². The van der Waals surface area contributed by atoms with E-state index in [0.717, 1.165) is 18.4 Å². The Balaban J connectivity index is 1.60. The SMILES string of the molecule is Cc1cnn(CC2CN(C(=O)C3(N)CC3)CCO2)c1. The average molecular weight is 264 g/mol. The molecule has 19 heavy (non-hydrogen) atoms. The summed E-state index contributed by atoms with van der Waals surface area (Å²) >= 11 is 0. The molecule has 1 aliphatic heterocycles. The maximum absolute atomic E-state index is 12.2. The minimum Gasteiger partial charge on any atom is -0.373 e. The lowest BCUT2D eigenvalue weighted by molar-refractivity contribution is -0.141. The van der Waals surface area contributed by atoms with Crippen molar-refractivity contribution >= 4 is 5.91 Å². The number of aromatic nitrogens is 2. The molecule has 1 aromatic rings. The second-order valence-electron chi connectivity index (χ2n) is 5.64. The van der Waals surface area contributed by atoms with E-state index in [0.29, 0.717) is 26.2 Å². The number of hydrogen-bond acceptors (Lipinski definition) is 4. The first-order valence-corrected chi connectivity index (χ1v) is 6.76. The molecular weight excluding hydrogens is 244 g/mol. The first kappa shape index (κ1) is 12.6. The molecule has 0 bridgehead atoms. The van der Waals surface area contributed by atoms with E-state index < -0.39 is 5.54 Å². The highest BCUT2D eigenvalue weighted by Crippen LogP contribution is 2.34. The molecule has 0 aromatic carbocycles. The van der Waals surface area contributed by atoms with Gasteiger partial charge in [0, 0.05) is 19.3 Å². The van der Waals surface area contributed by atoms with Crippen molar-refractivity contribution in [3.05, 3.63) is 18.0 Å². The summed E-state index contributed by atoms with van der Waals surface area (Å²) in [7, 11) is 0. The van der Waals surface area contributed by atoms with E-state index in [1.807, 2.05) is 28.9 Å². The summed E-state index contributed by atoms with van der Waals surface area (Å²) in [5.74, 6) is 0.0810. The Morgan fingerprint density at radius 3 is 3.05 bits per heavy atom. The highest BCUT2D eigenvalue weighted by molar-refractivity contribution is 5.89. The summed E-state index contributed by atoms with van der Waals surface area (Å²) < 4.78 is 7.57. The smallest absolute Gasteiger partial charge is 0.242 e. The number of carbonyl (C=O) groups is 1. The number of nitrogens with two attached hydrogens (primary N) is 1. The molecule has 6 heteroatoms. The highest BCUT2D eigenvalue weighted by Gasteiger charge is 2.48. The molecule has 2 N–H and O–H groups in total. The minimum atomic E-state index is -0.579. The van der Waals surface area contributed by atoms with Crippen LogP contribution in [0.15, 0.2) is 12.4 Å². The van der Waals surface area contributed by atoms with Gasteiger partial charge in [0.15, 0.2) is 0 Å². The zero-order chi connectivity index (χ0) is 13.5. The van der Waals surface area contributed by atoms with Crippen LogP contribution in [0.1, 0.15) is 18.4 Å². The van der Waals surface area contributed by atoms with Crippen molar-refractivity contribution in [3.63, 3.8) is 0 Å². The Hall–Kier alpha value is -1.40. The molecule has 1 saturated heterocycles. The third-order valence-corrected chi connectivity index (χ3v) is 3.79. The predicted molar refractivity (Wildman–Crippen MR) is 69.4 cm³/mol. The lowest BCUT2D eigenvalue weighted by Crippen LogP contribution is -2.53. The molecule has 2 heterocycles. The van der Waals surface area contributed by atoms with Crippen LogP contribution < -0.4 is 5.73 Å². The van der Waals surface area contributed by atoms with E-state index in [1.165, 1.54) is 0 Å². The van der Waals surface area contributed by atoms with Crippen molar-refractivity contribution in [3.8, 4) is 0 Å². The van der Waals surface area contributed by atoms with E-state index in [2.05, 4.69) is 5.10 Å². The van der Waals surface area contributed by atoms with Gasteiger partial charge in [0.25, 0.3) is 0 Å². The van der Waals surface area contributed by atoms with Crippen LogP contribution in [0.5, 0.6) is 0 Å². The second kappa shape index (κ2) is 4.61. The molecule has 1 aromatic heterocycles. The van der Waals surface area contributed by atoms with Crippen molar-refractivity contribution in [2.75, 3.05) is 19.7 Å². The van der Waals surface area contributed by atoms with Gasteiger partial charge in [-0.1, -0.05) is 0 Å². The van der Waals surface area contributed by atoms with Gasteiger partial charge in [-0.2, -0.15) is 5.10 Å². The molecule has 0 radical (unpaired) electrons. The normalized spacial score (nSPS) is 25.4.